The predicted octanol–water partition coefficient (Wildman–Crippen LogP) is 4.93. The van der Waals surface area contributed by atoms with Crippen LogP contribution in [0.15, 0.2) is 30.3 Å². The van der Waals surface area contributed by atoms with Crippen molar-refractivity contribution in [3.05, 3.63) is 35.9 Å². The van der Waals surface area contributed by atoms with Gasteiger partial charge in [-0.1, -0.05) is 62.9 Å². The number of rotatable bonds is 12. The quantitative estimate of drug-likeness (QED) is 0.432. The van der Waals surface area contributed by atoms with Crippen LogP contribution in [0.3, 0.4) is 0 Å². The van der Waals surface area contributed by atoms with Crippen LogP contribution < -0.4 is 0 Å². The van der Waals surface area contributed by atoms with Crippen LogP contribution in [-0.2, 0) is 20.9 Å². The lowest BCUT2D eigenvalue weighted by molar-refractivity contribution is -0.137. The topological polar surface area (TPSA) is 72.8 Å². The Morgan fingerprint density at radius 2 is 1.75 bits per heavy atom. The van der Waals surface area contributed by atoms with Crippen molar-refractivity contribution in [3.8, 4) is 0 Å². The minimum atomic E-state index is -0.882. The number of carbonyl (C=O) groups excluding carboxylic acids is 1. The van der Waals surface area contributed by atoms with Crippen molar-refractivity contribution in [2.45, 2.75) is 71.0 Å². The molecule has 0 aliphatic carbocycles. The van der Waals surface area contributed by atoms with E-state index in [1.54, 1.807) is 0 Å². The molecule has 0 fully saturated rings. The fraction of sp³-hybridized carbons (Fsp3) is 0.579. The van der Waals surface area contributed by atoms with Crippen LogP contribution >= 0.6 is 0 Å². The van der Waals surface area contributed by atoms with Crippen LogP contribution in [0.25, 0.3) is 0 Å². The van der Waals surface area contributed by atoms with E-state index in [0.717, 1.165) is 24.8 Å². The summed E-state index contributed by atoms with van der Waals surface area (Å²) < 4.78 is 10.4. The molecule has 1 atom stereocenters. The molecular weight excluding hydrogens is 308 g/mol. The molecule has 5 nitrogen and oxygen atoms in total. The van der Waals surface area contributed by atoms with Gasteiger partial charge in [-0.25, -0.2) is 4.79 Å². The Kier molecular flexibility index (Phi) is 10.3. The number of hydrogen-bond acceptors (Lipinski definition) is 4. The van der Waals surface area contributed by atoms with Crippen molar-refractivity contribution < 1.29 is 24.2 Å². The van der Waals surface area contributed by atoms with Gasteiger partial charge in [0.2, 0.25) is 0 Å². The van der Waals surface area contributed by atoms with Crippen LogP contribution in [0, 0.1) is 0 Å². The van der Waals surface area contributed by atoms with E-state index in [1.165, 1.54) is 12.8 Å². The average molecular weight is 336 g/mol. The molecule has 1 N–H and O–H groups in total. The second-order valence-corrected chi connectivity index (χ2v) is 5.90. The van der Waals surface area contributed by atoms with E-state index in [9.17, 15) is 9.59 Å². The van der Waals surface area contributed by atoms with Crippen LogP contribution in [0.1, 0.15) is 63.9 Å². The van der Waals surface area contributed by atoms with Gasteiger partial charge in [-0.15, -0.1) is 0 Å². The van der Waals surface area contributed by atoms with Crippen LogP contribution in [0.5, 0.6) is 0 Å². The number of hydrogen-bond donors (Lipinski definition) is 1. The van der Waals surface area contributed by atoms with E-state index in [2.05, 4.69) is 6.92 Å². The maximum absolute atomic E-state index is 11.8. The first kappa shape index (κ1) is 20.0. The molecule has 134 valence electrons. The zero-order valence-electron chi connectivity index (χ0n) is 14.4. The molecule has 0 bridgehead atoms. The molecule has 1 aromatic rings. The largest absolute Gasteiger partial charge is 0.508 e. The minimum absolute atomic E-state index is 0.00834. The first-order valence-corrected chi connectivity index (χ1v) is 8.71. The van der Waals surface area contributed by atoms with E-state index in [-0.39, 0.29) is 13.0 Å². The number of unbranched alkanes of at least 4 members (excludes halogenated alkanes) is 4. The third-order valence-electron chi connectivity index (χ3n) is 3.77. The van der Waals surface area contributed by atoms with E-state index < -0.39 is 18.2 Å². The summed E-state index contributed by atoms with van der Waals surface area (Å²) in [7, 11) is 0. The van der Waals surface area contributed by atoms with Crippen molar-refractivity contribution >= 4 is 12.1 Å². The molecule has 1 unspecified atom stereocenters. The molecule has 0 saturated heterocycles. The summed E-state index contributed by atoms with van der Waals surface area (Å²) in [4.78, 5) is 22.6. The Labute approximate surface area is 144 Å². The molecule has 0 amide bonds. The van der Waals surface area contributed by atoms with Crippen molar-refractivity contribution in [1.29, 1.82) is 0 Å². The first-order chi connectivity index (χ1) is 11.6. The van der Waals surface area contributed by atoms with Gasteiger partial charge in [-0.2, -0.15) is 0 Å². The smallest absolute Gasteiger partial charge is 0.481 e. The second-order valence-electron chi connectivity index (χ2n) is 5.90. The zero-order valence-corrected chi connectivity index (χ0v) is 14.4. The third-order valence-corrected chi connectivity index (χ3v) is 3.77. The Morgan fingerprint density at radius 3 is 2.42 bits per heavy atom. The van der Waals surface area contributed by atoms with Crippen molar-refractivity contribution in [3.63, 3.8) is 0 Å². The molecule has 24 heavy (non-hydrogen) atoms. The van der Waals surface area contributed by atoms with E-state index in [1.807, 2.05) is 30.3 Å². The Morgan fingerprint density at radius 1 is 1.04 bits per heavy atom. The lowest BCUT2D eigenvalue weighted by atomic mass is 10.0. The SMILES string of the molecule is CCCCCCCC(CCC(=O)O)OC(=O)OCc1ccccc1. The summed E-state index contributed by atoms with van der Waals surface area (Å²) in [6.07, 6.45) is 5.38. The molecule has 0 aliphatic rings. The van der Waals surface area contributed by atoms with Crippen LogP contribution in [0.4, 0.5) is 4.79 Å². The molecule has 1 aromatic carbocycles. The van der Waals surface area contributed by atoms with Gasteiger partial charge in [0, 0.05) is 6.42 Å². The number of carboxylic acids is 1. The van der Waals surface area contributed by atoms with Gasteiger partial charge in [-0.3, -0.25) is 4.79 Å². The molecule has 0 saturated carbocycles. The van der Waals surface area contributed by atoms with Crippen molar-refractivity contribution in [2.75, 3.05) is 0 Å². The zero-order chi connectivity index (χ0) is 17.6. The maximum atomic E-state index is 11.8. The molecule has 0 heterocycles. The minimum Gasteiger partial charge on any atom is -0.481 e. The highest BCUT2D eigenvalue weighted by atomic mass is 16.7. The molecular formula is C19H28O5. The Hall–Kier alpha value is -2.04. The standard InChI is InChI=1S/C19H28O5/c1-2-3-4-5-9-12-17(13-14-18(20)21)24-19(22)23-15-16-10-7-6-8-11-16/h6-8,10-11,17H,2-5,9,12-15H2,1H3,(H,20,21). The number of carbonyl (C=O) groups is 2. The normalized spacial score (nSPS) is 11.7. The van der Waals surface area contributed by atoms with Crippen LogP contribution in [-0.4, -0.2) is 23.3 Å². The molecule has 1 rings (SSSR count). The predicted molar refractivity (Wildman–Crippen MR) is 91.7 cm³/mol. The van der Waals surface area contributed by atoms with Gasteiger partial charge in [-0.05, 0) is 24.8 Å². The lowest BCUT2D eigenvalue weighted by Gasteiger charge is -2.17. The van der Waals surface area contributed by atoms with Gasteiger partial charge >= 0.3 is 12.1 Å². The first-order valence-electron chi connectivity index (χ1n) is 8.71. The fourth-order valence-corrected chi connectivity index (χ4v) is 2.41. The Bertz CT molecular complexity index is 472. The number of carboxylic acid groups (broad SMARTS) is 1. The van der Waals surface area contributed by atoms with Crippen LogP contribution in [0.2, 0.25) is 0 Å². The third kappa shape index (κ3) is 9.87. The molecule has 0 spiro atoms. The van der Waals surface area contributed by atoms with Gasteiger partial charge < -0.3 is 14.6 Å². The van der Waals surface area contributed by atoms with Gasteiger partial charge in [0.25, 0.3) is 0 Å². The van der Waals surface area contributed by atoms with Crippen molar-refractivity contribution in [2.24, 2.45) is 0 Å². The molecule has 5 heteroatoms. The van der Waals surface area contributed by atoms with Gasteiger partial charge in [0.1, 0.15) is 12.7 Å². The number of benzene rings is 1. The lowest BCUT2D eigenvalue weighted by Crippen LogP contribution is -2.20. The average Bonchev–Trinajstić information content (AvgIpc) is 2.58. The summed E-state index contributed by atoms with van der Waals surface area (Å²) in [6, 6.07) is 9.36. The van der Waals surface area contributed by atoms with E-state index in [4.69, 9.17) is 14.6 Å². The van der Waals surface area contributed by atoms with Crippen molar-refractivity contribution in [1.82, 2.24) is 0 Å². The molecule has 0 aromatic heterocycles. The number of aliphatic carboxylic acids is 1. The highest BCUT2D eigenvalue weighted by Gasteiger charge is 2.17. The summed E-state index contributed by atoms with van der Waals surface area (Å²) in [5, 5.41) is 8.82. The number of ether oxygens (including phenoxy) is 2. The summed E-state index contributed by atoms with van der Waals surface area (Å²) in [6.45, 7) is 2.31. The highest BCUT2D eigenvalue weighted by Crippen LogP contribution is 2.15. The van der Waals surface area contributed by atoms with E-state index >= 15 is 0 Å². The summed E-state index contributed by atoms with van der Waals surface area (Å²) in [5.41, 5.74) is 0.885. The highest BCUT2D eigenvalue weighted by molar-refractivity contribution is 5.66. The fourth-order valence-electron chi connectivity index (χ4n) is 2.41. The van der Waals surface area contributed by atoms with E-state index in [0.29, 0.717) is 12.8 Å². The maximum Gasteiger partial charge on any atom is 0.508 e. The van der Waals surface area contributed by atoms with Gasteiger partial charge in [0.05, 0.1) is 0 Å². The Balaban J connectivity index is 2.34. The molecule has 0 aliphatic heterocycles. The summed E-state index contributed by atoms with van der Waals surface area (Å²) >= 11 is 0. The monoisotopic (exact) mass is 336 g/mol. The van der Waals surface area contributed by atoms with Gasteiger partial charge in [0.15, 0.2) is 0 Å². The summed E-state index contributed by atoms with van der Waals surface area (Å²) in [5.74, 6) is -0.882. The molecule has 0 radical (unpaired) electrons. The second kappa shape index (κ2) is 12.4.